The van der Waals surface area contributed by atoms with Gasteiger partial charge in [-0.25, -0.2) is 4.98 Å². The first-order valence-electron chi connectivity index (χ1n) is 6.84. The molecule has 1 atom stereocenters. The number of fused-ring (bicyclic) bond motifs is 2. The summed E-state index contributed by atoms with van der Waals surface area (Å²) >= 11 is 0. The van der Waals surface area contributed by atoms with Gasteiger partial charge in [-0.15, -0.1) is 0 Å². The van der Waals surface area contributed by atoms with Crippen molar-refractivity contribution in [1.82, 2.24) is 14.5 Å². The van der Waals surface area contributed by atoms with E-state index in [-0.39, 0.29) is 6.04 Å². The first-order valence-corrected chi connectivity index (χ1v) is 6.84. The number of rotatable bonds is 1. The minimum absolute atomic E-state index is 0.289. The Hall–Kier alpha value is -2.36. The number of aromatic nitrogens is 3. The van der Waals surface area contributed by atoms with Crippen molar-refractivity contribution in [3.63, 3.8) is 0 Å². The predicted octanol–water partition coefficient (Wildman–Crippen LogP) is 2.99. The summed E-state index contributed by atoms with van der Waals surface area (Å²) in [7, 11) is 2.10. The maximum absolute atomic E-state index is 4.49. The van der Waals surface area contributed by atoms with E-state index in [1.165, 1.54) is 27.7 Å². The number of nitrogens with one attached hydrogen (secondary N) is 1. The van der Waals surface area contributed by atoms with E-state index < -0.39 is 0 Å². The standard InChI is InChI=1S/C16H16N4/c1-10-5-12-6-13(19-16(12)18-8-10)14-7-11-3-4-17-9-15(11)20(14)2/h3-5,7-9,13H,6H2,1-2H3,(H,18,19). The van der Waals surface area contributed by atoms with Gasteiger partial charge in [-0.3, -0.25) is 4.98 Å². The molecule has 0 saturated heterocycles. The largest absolute Gasteiger partial charge is 0.361 e. The molecule has 0 aromatic carbocycles. The second-order valence-corrected chi connectivity index (χ2v) is 5.48. The monoisotopic (exact) mass is 264 g/mol. The van der Waals surface area contributed by atoms with Gasteiger partial charge in [-0.05, 0) is 30.2 Å². The van der Waals surface area contributed by atoms with Crippen molar-refractivity contribution in [2.45, 2.75) is 19.4 Å². The second-order valence-electron chi connectivity index (χ2n) is 5.48. The third kappa shape index (κ3) is 1.61. The van der Waals surface area contributed by atoms with Gasteiger partial charge >= 0.3 is 0 Å². The summed E-state index contributed by atoms with van der Waals surface area (Å²) in [4.78, 5) is 8.70. The van der Waals surface area contributed by atoms with Gasteiger partial charge in [0.15, 0.2) is 0 Å². The van der Waals surface area contributed by atoms with Gasteiger partial charge in [-0.2, -0.15) is 0 Å². The maximum atomic E-state index is 4.49. The lowest BCUT2D eigenvalue weighted by molar-refractivity contribution is 0.733. The lowest BCUT2D eigenvalue weighted by Gasteiger charge is -2.12. The molecule has 100 valence electrons. The molecule has 0 fully saturated rings. The Labute approximate surface area is 117 Å². The maximum Gasteiger partial charge on any atom is 0.129 e. The summed E-state index contributed by atoms with van der Waals surface area (Å²) in [5, 5.41) is 4.76. The molecule has 0 saturated carbocycles. The number of pyridine rings is 2. The Balaban J connectivity index is 1.77. The summed E-state index contributed by atoms with van der Waals surface area (Å²) < 4.78 is 2.22. The summed E-state index contributed by atoms with van der Waals surface area (Å²) in [5.41, 5.74) is 4.97. The van der Waals surface area contributed by atoms with Crippen LogP contribution >= 0.6 is 0 Å². The van der Waals surface area contributed by atoms with Crippen LogP contribution in [0.2, 0.25) is 0 Å². The van der Waals surface area contributed by atoms with Crippen LogP contribution in [0.4, 0.5) is 5.82 Å². The molecule has 3 aromatic heterocycles. The highest BCUT2D eigenvalue weighted by atomic mass is 15.1. The second kappa shape index (κ2) is 4.07. The molecule has 3 aromatic rings. The zero-order chi connectivity index (χ0) is 13.7. The van der Waals surface area contributed by atoms with E-state index in [1.54, 1.807) is 0 Å². The first-order chi connectivity index (χ1) is 9.72. The van der Waals surface area contributed by atoms with Gasteiger partial charge in [0.05, 0.1) is 17.8 Å². The Morgan fingerprint density at radius 2 is 2.20 bits per heavy atom. The van der Waals surface area contributed by atoms with E-state index in [9.17, 15) is 0 Å². The van der Waals surface area contributed by atoms with Crippen LogP contribution in [-0.4, -0.2) is 14.5 Å². The fraction of sp³-hybridized carbons (Fsp3) is 0.250. The van der Waals surface area contributed by atoms with Crippen molar-refractivity contribution in [1.29, 1.82) is 0 Å². The zero-order valence-electron chi connectivity index (χ0n) is 11.6. The summed E-state index contributed by atoms with van der Waals surface area (Å²) in [6.07, 6.45) is 6.67. The lowest BCUT2D eigenvalue weighted by atomic mass is 10.1. The fourth-order valence-electron chi connectivity index (χ4n) is 3.06. The highest BCUT2D eigenvalue weighted by Crippen LogP contribution is 2.34. The van der Waals surface area contributed by atoms with Crippen molar-refractivity contribution < 1.29 is 0 Å². The third-order valence-corrected chi connectivity index (χ3v) is 4.08. The van der Waals surface area contributed by atoms with Gasteiger partial charge < -0.3 is 9.88 Å². The number of hydrogen-bond donors (Lipinski definition) is 1. The number of hydrogen-bond acceptors (Lipinski definition) is 3. The van der Waals surface area contributed by atoms with E-state index in [4.69, 9.17) is 0 Å². The summed E-state index contributed by atoms with van der Waals surface area (Å²) in [6.45, 7) is 2.09. The molecule has 1 unspecified atom stereocenters. The van der Waals surface area contributed by atoms with Gasteiger partial charge in [0, 0.05) is 36.9 Å². The van der Waals surface area contributed by atoms with Crippen LogP contribution in [0.3, 0.4) is 0 Å². The van der Waals surface area contributed by atoms with Crippen molar-refractivity contribution in [3.05, 3.63) is 53.6 Å². The molecule has 0 amide bonds. The van der Waals surface area contributed by atoms with E-state index >= 15 is 0 Å². The Bertz CT molecular complexity index is 803. The van der Waals surface area contributed by atoms with Gasteiger partial charge in [0.25, 0.3) is 0 Å². The van der Waals surface area contributed by atoms with Crippen molar-refractivity contribution >= 4 is 16.7 Å². The molecule has 4 rings (SSSR count). The van der Waals surface area contributed by atoms with E-state index in [0.717, 1.165) is 12.2 Å². The first kappa shape index (κ1) is 11.5. The van der Waals surface area contributed by atoms with Crippen LogP contribution in [-0.2, 0) is 13.5 Å². The van der Waals surface area contributed by atoms with E-state index in [0.29, 0.717) is 0 Å². The average Bonchev–Trinajstić information content (AvgIpc) is 3.00. The van der Waals surface area contributed by atoms with Crippen molar-refractivity contribution in [3.8, 4) is 0 Å². The fourth-order valence-corrected chi connectivity index (χ4v) is 3.06. The minimum Gasteiger partial charge on any atom is -0.361 e. The Morgan fingerprint density at radius 3 is 3.05 bits per heavy atom. The van der Waals surface area contributed by atoms with Crippen LogP contribution < -0.4 is 5.32 Å². The molecule has 0 bridgehead atoms. The molecule has 20 heavy (non-hydrogen) atoms. The molecular weight excluding hydrogens is 248 g/mol. The Morgan fingerprint density at radius 1 is 1.30 bits per heavy atom. The quantitative estimate of drug-likeness (QED) is 0.734. The molecule has 0 aliphatic carbocycles. The molecule has 4 heterocycles. The van der Waals surface area contributed by atoms with E-state index in [1.807, 2.05) is 18.6 Å². The Kier molecular flexibility index (Phi) is 2.33. The molecule has 1 N–H and O–H groups in total. The van der Waals surface area contributed by atoms with Crippen molar-refractivity contribution in [2.24, 2.45) is 7.05 Å². The molecule has 4 heteroatoms. The highest BCUT2D eigenvalue weighted by molar-refractivity contribution is 5.80. The minimum atomic E-state index is 0.289. The highest BCUT2D eigenvalue weighted by Gasteiger charge is 2.25. The SMILES string of the molecule is Cc1cnc2c(c1)CC(c1cc3ccncc3n1C)N2. The molecule has 1 aliphatic rings. The molecular formula is C16H16N4. The van der Waals surface area contributed by atoms with Crippen LogP contribution in [0.1, 0.15) is 22.9 Å². The topological polar surface area (TPSA) is 42.7 Å². The lowest BCUT2D eigenvalue weighted by Crippen LogP contribution is -2.10. The van der Waals surface area contributed by atoms with E-state index in [2.05, 4.69) is 52.0 Å². The summed E-state index contributed by atoms with van der Waals surface area (Å²) in [6, 6.07) is 6.81. The average molecular weight is 264 g/mol. The zero-order valence-corrected chi connectivity index (χ0v) is 11.6. The van der Waals surface area contributed by atoms with Crippen LogP contribution in [0.25, 0.3) is 10.9 Å². The van der Waals surface area contributed by atoms with Gasteiger partial charge in [0.1, 0.15) is 5.82 Å². The molecule has 1 aliphatic heterocycles. The van der Waals surface area contributed by atoms with Gasteiger partial charge in [-0.1, -0.05) is 6.07 Å². The molecule has 0 spiro atoms. The molecule has 0 radical (unpaired) electrons. The van der Waals surface area contributed by atoms with Crippen LogP contribution in [0.15, 0.2) is 36.8 Å². The van der Waals surface area contributed by atoms with Crippen LogP contribution in [0, 0.1) is 6.92 Å². The number of nitrogens with zero attached hydrogens (tertiary/aromatic N) is 3. The normalized spacial score (nSPS) is 17.2. The summed E-state index contributed by atoms with van der Waals surface area (Å²) in [5.74, 6) is 1.02. The van der Waals surface area contributed by atoms with Crippen molar-refractivity contribution in [2.75, 3.05) is 5.32 Å². The smallest absolute Gasteiger partial charge is 0.129 e. The third-order valence-electron chi connectivity index (χ3n) is 4.08. The number of anilines is 1. The predicted molar refractivity (Wildman–Crippen MR) is 79.8 cm³/mol. The van der Waals surface area contributed by atoms with Gasteiger partial charge in [0.2, 0.25) is 0 Å². The molecule has 4 nitrogen and oxygen atoms in total. The van der Waals surface area contributed by atoms with Crippen LogP contribution in [0.5, 0.6) is 0 Å². The number of aryl methyl sites for hydroxylation is 2.